The van der Waals surface area contributed by atoms with E-state index in [4.69, 9.17) is 16.3 Å². The fraction of sp³-hybridized carbons (Fsp3) is 0.333. The minimum atomic E-state index is -0.111. The summed E-state index contributed by atoms with van der Waals surface area (Å²) in [6, 6.07) is 11.8. The van der Waals surface area contributed by atoms with Gasteiger partial charge in [-0.05, 0) is 62.1 Å². The Morgan fingerprint density at radius 2 is 1.96 bits per heavy atom. The summed E-state index contributed by atoms with van der Waals surface area (Å²) in [7, 11) is 0. The van der Waals surface area contributed by atoms with Gasteiger partial charge in [-0.15, -0.1) is 0 Å². The average molecular weight is 350 g/mol. The number of ether oxygens (including phenoxy) is 1. The van der Waals surface area contributed by atoms with E-state index < -0.39 is 0 Å². The molecule has 0 atom stereocenters. The lowest BCUT2D eigenvalue weighted by Crippen LogP contribution is -2.03. The first-order valence-electron chi connectivity index (χ1n) is 7.71. The highest BCUT2D eigenvalue weighted by Gasteiger charge is 2.03. The van der Waals surface area contributed by atoms with E-state index in [9.17, 15) is 4.79 Å². The molecule has 0 aliphatic heterocycles. The van der Waals surface area contributed by atoms with Gasteiger partial charge in [0.2, 0.25) is 0 Å². The second-order valence-corrected chi connectivity index (χ2v) is 6.60. The highest BCUT2D eigenvalue weighted by Crippen LogP contribution is 2.27. The molecule has 5 heteroatoms. The van der Waals surface area contributed by atoms with E-state index in [0.29, 0.717) is 13.0 Å². The number of hydrogen-bond acceptors (Lipinski definition) is 4. The SMILES string of the molecule is CCOC(=O)CCCCc1ccc(Sc2ccc(Cl)cc2)nc1. The van der Waals surface area contributed by atoms with E-state index >= 15 is 0 Å². The summed E-state index contributed by atoms with van der Waals surface area (Å²) in [5.74, 6) is -0.111. The third-order valence-corrected chi connectivity index (χ3v) is 4.45. The van der Waals surface area contributed by atoms with Crippen LogP contribution in [0.3, 0.4) is 0 Å². The predicted octanol–water partition coefficient (Wildman–Crippen LogP) is 5.16. The molecule has 0 amide bonds. The molecule has 0 spiro atoms. The molecule has 1 heterocycles. The standard InChI is InChI=1S/C18H20ClNO2S/c1-2-22-18(21)6-4-3-5-14-7-12-17(20-13-14)23-16-10-8-15(19)9-11-16/h7-13H,2-6H2,1H3. The van der Waals surface area contributed by atoms with Crippen molar-refractivity contribution < 1.29 is 9.53 Å². The van der Waals surface area contributed by atoms with Crippen molar-refractivity contribution in [1.29, 1.82) is 0 Å². The lowest BCUT2D eigenvalue weighted by molar-refractivity contribution is -0.143. The highest BCUT2D eigenvalue weighted by atomic mass is 35.5. The molecule has 0 unspecified atom stereocenters. The van der Waals surface area contributed by atoms with Gasteiger partial charge in [-0.1, -0.05) is 29.4 Å². The first-order valence-corrected chi connectivity index (χ1v) is 8.91. The van der Waals surface area contributed by atoms with E-state index in [1.165, 1.54) is 5.56 Å². The molecule has 0 aliphatic rings. The number of halogens is 1. The van der Waals surface area contributed by atoms with Crippen molar-refractivity contribution in [3.63, 3.8) is 0 Å². The number of carbonyl (C=O) groups is 1. The molecular formula is C18H20ClNO2S. The van der Waals surface area contributed by atoms with Gasteiger partial charge >= 0.3 is 5.97 Å². The second kappa shape index (κ2) is 9.58. The molecule has 0 aliphatic carbocycles. The number of rotatable bonds is 8. The van der Waals surface area contributed by atoms with Crippen LogP contribution < -0.4 is 0 Å². The Morgan fingerprint density at radius 1 is 1.17 bits per heavy atom. The third kappa shape index (κ3) is 6.63. The van der Waals surface area contributed by atoms with Crippen molar-refractivity contribution >= 4 is 29.3 Å². The Bertz CT molecular complexity index is 614. The summed E-state index contributed by atoms with van der Waals surface area (Å²) >= 11 is 7.49. The Labute approximate surface area is 146 Å². The van der Waals surface area contributed by atoms with Crippen molar-refractivity contribution in [2.75, 3.05) is 6.61 Å². The molecule has 3 nitrogen and oxygen atoms in total. The Hall–Kier alpha value is -1.52. The van der Waals surface area contributed by atoms with Crippen molar-refractivity contribution in [3.8, 4) is 0 Å². The second-order valence-electron chi connectivity index (χ2n) is 5.07. The smallest absolute Gasteiger partial charge is 0.305 e. The van der Waals surface area contributed by atoms with Crippen LogP contribution in [0.4, 0.5) is 0 Å². The summed E-state index contributed by atoms with van der Waals surface area (Å²) in [5, 5.41) is 1.70. The zero-order valence-electron chi connectivity index (χ0n) is 13.1. The summed E-state index contributed by atoms with van der Waals surface area (Å²) in [6.07, 6.45) is 5.14. The van der Waals surface area contributed by atoms with E-state index in [-0.39, 0.29) is 5.97 Å². The van der Waals surface area contributed by atoms with Crippen LogP contribution in [0.1, 0.15) is 31.7 Å². The average Bonchev–Trinajstić information content (AvgIpc) is 2.55. The lowest BCUT2D eigenvalue weighted by atomic mass is 10.1. The number of benzene rings is 1. The van der Waals surface area contributed by atoms with Crippen molar-refractivity contribution in [3.05, 3.63) is 53.2 Å². The Balaban J connectivity index is 1.76. The van der Waals surface area contributed by atoms with Crippen molar-refractivity contribution in [2.24, 2.45) is 0 Å². The monoisotopic (exact) mass is 349 g/mol. The van der Waals surface area contributed by atoms with Gasteiger partial charge in [0, 0.05) is 22.5 Å². The number of aryl methyl sites for hydroxylation is 1. The first-order chi connectivity index (χ1) is 11.2. The molecule has 0 radical (unpaired) electrons. The Kier molecular flexibility index (Phi) is 7.43. The van der Waals surface area contributed by atoms with Gasteiger partial charge in [0.05, 0.1) is 6.61 Å². The zero-order chi connectivity index (χ0) is 16.5. The van der Waals surface area contributed by atoms with Gasteiger partial charge in [-0.2, -0.15) is 0 Å². The molecular weight excluding hydrogens is 330 g/mol. The first kappa shape index (κ1) is 17.8. The molecule has 0 saturated heterocycles. The molecule has 122 valence electrons. The topological polar surface area (TPSA) is 39.2 Å². The maximum absolute atomic E-state index is 11.2. The quantitative estimate of drug-likeness (QED) is 0.487. The van der Waals surface area contributed by atoms with Gasteiger partial charge in [-0.25, -0.2) is 4.98 Å². The van der Waals surface area contributed by atoms with Crippen LogP contribution in [0.5, 0.6) is 0 Å². The van der Waals surface area contributed by atoms with Gasteiger partial charge < -0.3 is 4.74 Å². The molecule has 0 fully saturated rings. The normalized spacial score (nSPS) is 10.5. The summed E-state index contributed by atoms with van der Waals surface area (Å²) in [6.45, 7) is 2.28. The number of nitrogens with zero attached hydrogens (tertiary/aromatic N) is 1. The maximum Gasteiger partial charge on any atom is 0.305 e. The molecule has 0 N–H and O–H groups in total. The molecule has 0 saturated carbocycles. The molecule has 0 bridgehead atoms. The van der Waals surface area contributed by atoms with E-state index in [1.807, 2.05) is 43.5 Å². The predicted molar refractivity (Wildman–Crippen MR) is 94.0 cm³/mol. The molecule has 1 aromatic heterocycles. The van der Waals surface area contributed by atoms with Crippen LogP contribution in [-0.2, 0) is 16.0 Å². The minimum absolute atomic E-state index is 0.111. The lowest BCUT2D eigenvalue weighted by Gasteiger charge is -2.04. The fourth-order valence-electron chi connectivity index (χ4n) is 2.07. The summed E-state index contributed by atoms with van der Waals surface area (Å²) in [5.41, 5.74) is 1.19. The van der Waals surface area contributed by atoms with Crippen LogP contribution in [-0.4, -0.2) is 17.6 Å². The number of esters is 1. The van der Waals surface area contributed by atoms with Crippen LogP contribution in [0.2, 0.25) is 5.02 Å². The van der Waals surface area contributed by atoms with E-state index in [1.54, 1.807) is 11.8 Å². The highest BCUT2D eigenvalue weighted by molar-refractivity contribution is 7.99. The van der Waals surface area contributed by atoms with Crippen LogP contribution in [0, 0.1) is 0 Å². The number of unbranched alkanes of at least 4 members (excludes halogenated alkanes) is 1. The van der Waals surface area contributed by atoms with Crippen molar-refractivity contribution in [2.45, 2.75) is 42.5 Å². The van der Waals surface area contributed by atoms with Gasteiger partial charge in [0.15, 0.2) is 0 Å². The van der Waals surface area contributed by atoms with Gasteiger partial charge in [0.1, 0.15) is 5.03 Å². The Morgan fingerprint density at radius 3 is 2.61 bits per heavy atom. The summed E-state index contributed by atoms with van der Waals surface area (Å²) in [4.78, 5) is 16.8. The van der Waals surface area contributed by atoms with Crippen LogP contribution in [0.15, 0.2) is 52.5 Å². The maximum atomic E-state index is 11.2. The fourth-order valence-corrected chi connectivity index (χ4v) is 2.96. The number of hydrogen-bond donors (Lipinski definition) is 0. The molecule has 1 aromatic carbocycles. The molecule has 2 rings (SSSR count). The van der Waals surface area contributed by atoms with Crippen molar-refractivity contribution in [1.82, 2.24) is 4.98 Å². The third-order valence-electron chi connectivity index (χ3n) is 3.24. The zero-order valence-corrected chi connectivity index (χ0v) is 14.7. The summed E-state index contributed by atoms with van der Waals surface area (Å²) < 4.78 is 4.91. The van der Waals surface area contributed by atoms with Crippen LogP contribution >= 0.6 is 23.4 Å². The number of aromatic nitrogens is 1. The van der Waals surface area contributed by atoms with E-state index in [0.717, 1.165) is 34.2 Å². The van der Waals surface area contributed by atoms with Gasteiger partial charge in [0.25, 0.3) is 0 Å². The number of carbonyl (C=O) groups excluding carboxylic acids is 1. The van der Waals surface area contributed by atoms with E-state index in [2.05, 4.69) is 11.1 Å². The molecule has 23 heavy (non-hydrogen) atoms. The van der Waals surface area contributed by atoms with Crippen LogP contribution in [0.25, 0.3) is 0 Å². The largest absolute Gasteiger partial charge is 0.466 e. The number of pyridine rings is 1. The minimum Gasteiger partial charge on any atom is -0.466 e. The molecule has 2 aromatic rings. The van der Waals surface area contributed by atoms with Gasteiger partial charge in [-0.3, -0.25) is 4.79 Å².